The number of methoxy groups -OCH3 is 1. The highest BCUT2D eigenvalue weighted by molar-refractivity contribution is 5.98. The van der Waals surface area contributed by atoms with E-state index in [1.807, 2.05) is 0 Å². The van der Waals surface area contributed by atoms with Crippen molar-refractivity contribution in [3.63, 3.8) is 0 Å². The van der Waals surface area contributed by atoms with Crippen molar-refractivity contribution in [1.82, 2.24) is 4.98 Å². The lowest BCUT2D eigenvalue weighted by atomic mass is 10.0. The molecular weight excluding hydrogens is 248 g/mol. The number of hydrogen-bond donors (Lipinski definition) is 1. The standard InChI is InChI=1S/C13H12N2O4/c1-18-11-7-15-13(19-11)10(16)6-8-4-2-3-5-9(8)12(14)17/h2-5,7H,6H2,1H3,(H2,14,17). The second-order valence-corrected chi connectivity index (χ2v) is 3.81. The molecule has 0 atom stereocenters. The highest BCUT2D eigenvalue weighted by Crippen LogP contribution is 2.15. The fraction of sp³-hybridized carbons (Fsp3) is 0.154. The van der Waals surface area contributed by atoms with Crippen LogP contribution in [-0.2, 0) is 6.42 Å². The first-order valence-corrected chi connectivity index (χ1v) is 5.52. The Morgan fingerprint density at radius 1 is 1.37 bits per heavy atom. The molecule has 0 spiro atoms. The van der Waals surface area contributed by atoms with Crippen molar-refractivity contribution in [2.24, 2.45) is 5.73 Å². The van der Waals surface area contributed by atoms with E-state index in [1.165, 1.54) is 13.3 Å². The number of benzene rings is 1. The molecule has 0 aliphatic rings. The quantitative estimate of drug-likeness (QED) is 0.815. The average molecular weight is 260 g/mol. The Labute approximate surface area is 109 Å². The molecule has 98 valence electrons. The molecule has 2 aromatic rings. The third kappa shape index (κ3) is 2.79. The summed E-state index contributed by atoms with van der Waals surface area (Å²) >= 11 is 0. The number of rotatable bonds is 5. The average Bonchev–Trinajstić information content (AvgIpc) is 2.88. The zero-order chi connectivity index (χ0) is 13.8. The molecule has 0 unspecified atom stereocenters. The number of primary amides is 1. The molecule has 0 bridgehead atoms. The molecule has 0 radical (unpaired) electrons. The van der Waals surface area contributed by atoms with Crippen LogP contribution in [0.4, 0.5) is 0 Å². The molecule has 19 heavy (non-hydrogen) atoms. The summed E-state index contributed by atoms with van der Waals surface area (Å²) in [4.78, 5) is 27.0. The van der Waals surface area contributed by atoms with Gasteiger partial charge in [-0.15, -0.1) is 0 Å². The minimum Gasteiger partial charge on any atom is -0.467 e. The van der Waals surface area contributed by atoms with Crippen LogP contribution in [0.3, 0.4) is 0 Å². The summed E-state index contributed by atoms with van der Waals surface area (Å²) in [6, 6.07) is 6.65. The van der Waals surface area contributed by atoms with E-state index >= 15 is 0 Å². The minimum absolute atomic E-state index is 0.0111. The normalized spacial score (nSPS) is 10.2. The minimum atomic E-state index is -0.576. The molecule has 6 nitrogen and oxygen atoms in total. The molecule has 0 aliphatic carbocycles. The maximum absolute atomic E-state index is 12.0. The Morgan fingerprint density at radius 3 is 2.74 bits per heavy atom. The van der Waals surface area contributed by atoms with E-state index in [1.54, 1.807) is 24.3 Å². The summed E-state index contributed by atoms with van der Waals surface area (Å²) in [6.45, 7) is 0. The lowest BCUT2D eigenvalue weighted by Gasteiger charge is -2.03. The maximum Gasteiger partial charge on any atom is 0.305 e. The van der Waals surface area contributed by atoms with Gasteiger partial charge in [0.2, 0.25) is 11.7 Å². The molecule has 0 saturated carbocycles. The van der Waals surface area contributed by atoms with Crippen molar-refractivity contribution in [3.8, 4) is 5.95 Å². The van der Waals surface area contributed by atoms with E-state index in [9.17, 15) is 9.59 Å². The van der Waals surface area contributed by atoms with E-state index in [4.69, 9.17) is 14.9 Å². The van der Waals surface area contributed by atoms with Crippen LogP contribution >= 0.6 is 0 Å². The SMILES string of the molecule is COc1cnc(C(=O)Cc2ccccc2C(N)=O)o1. The molecule has 2 N–H and O–H groups in total. The van der Waals surface area contributed by atoms with Crippen LogP contribution < -0.4 is 10.5 Å². The molecule has 2 rings (SSSR count). The third-order valence-electron chi connectivity index (χ3n) is 2.56. The van der Waals surface area contributed by atoms with Crippen LogP contribution in [0.5, 0.6) is 5.95 Å². The topological polar surface area (TPSA) is 95.4 Å². The predicted octanol–water partition coefficient (Wildman–Crippen LogP) is 1.21. The Balaban J connectivity index is 2.21. The number of hydrogen-bond acceptors (Lipinski definition) is 5. The molecule has 1 amide bonds. The first-order valence-electron chi connectivity index (χ1n) is 5.52. The Kier molecular flexibility index (Phi) is 3.61. The Morgan fingerprint density at radius 2 is 2.11 bits per heavy atom. The van der Waals surface area contributed by atoms with Crippen LogP contribution in [0.2, 0.25) is 0 Å². The fourth-order valence-electron chi connectivity index (χ4n) is 1.65. The van der Waals surface area contributed by atoms with Gasteiger partial charge < -0.3 is 14.9 Å². The van der Waals surface area contributed by atoms with Gasteiger partial charge in [-0.2, -0.15) is 0 Å². The summed E-state index contributed by atoms with van der Waals surface area (Å²) in [5.74, 6) is -0.826. The second kappa shape index (κ2) is 5.34. The van der Waals surface area contributed by atoms with Gasteiger partial charge in [0.05, 0.1) is 7.11 Å². The van der Waals surface area contributed by atoms with E-state index in [2.05, 4.69) is 4.98 Å². The lowest BCUT2D eigenvalue weighted by Crippen LogP contribution is -2.15. The van der Waals surface area contributed by atoms with Gasteiger partial charge in [0.1, 0.15) is 6.20 Å². The van der Waals surface area contributed by atoms with Crippen molar-refractivity contribution in [3.05, 3.63) is 47.5 Å². The number of carbonyl (C=O) groups excluding carboxylic acids is 2. The number of amides is 1. The monoisotopic (exact) mass is 260 g/mol. The molecule has 0 fully saturated rings. The van der Waals surface area contributed by atoms with E-state index in [0.717, 1.165) is 0 Å². The number of ketones is 1. The van der Waals surface area contributed by atoms with E-state index < -0.39 is 5.91 Å². The summed E-state index contributed by atoms with van der Waals surface area (Å²) < 4.78 is 9.87. The molecule has 1 aromatic carbocycles. The van der Waals surface area contributed by atoms with Crippen LogP contribution in [-0.4, -0.2) is 23.8 Å². The van der Waals surface area contributed by atoms with Gasteiger partial charge in [-0.05, 0) is 11.6 Å². The molecule has 0 aliphatic heterocycles. The predicted molar refractivity (Wildman–Crippen MR) is 66.0 cm³/mol. The van der Waals surface area contributed by atoms with Crippen molar-refractivity contribution < 1.29 is 18.7 Å². The van der Waals surface area contributed by atoms with Crippen molar-refractivity contribution in [2.75, 3.05) is 7.11 Å². The van der Waals surface area contributed by atoms with Gasteiger partial charge >= 0.3 is 5.95 Å². The van der Waals surface area contributed by atoms with Crippen LogP contribution in [0.25, 0.3) is 0 Å². The van der Waals surface area contributed by atoms with Crippen LogP contribution in [0.1, 0.15) is 26.6 Å². The summed E-state index contributed by atoms with van der Waals surface area (Å²) in [7, 11) is 1.41. The number of nitrogens with two attached hydrogens (primary N) is 1. The number of carbonyl (C=O) groups is 2. The van der Waals surface area contributed by atoms with Gasteiger partial charge in [0.25, 0.3) is 5.89 Å². The molecular formula is C13H12N2O4. The van der Waals surface area contributed by atoms with Gasteiger partial charge in [0, 0.05) is 12.0 Å². The number of ether oxygens (including phenoxy) is 1. The van der Waals surface area contributed by atoms with Crippen LogP contribution in [0, 0.1) is 0 Å². The van der Waals surface area contributed by atoms with Crippen molar-refractivity contribution in [1.29, 1.82) is 0 Å². The van der Waals surface area contributed by atoms with E-state index in [0.29, 0.717) is 11.1 Å². The smallest absolute Gasteiger partial charge is 0.305 e. The highest BCUT2D eigenvalue weighted by atomic mass is 16.6. The van der Waals surface area contributed by atoms with E-state index in [-0.39, 0.29) is 24.0 Å². The van der Waals surface area contributed by atoms with Gasteiger partial charge in [-0.25, -0.2) is 4.98 Å². The largest absolute Gasteiger partial charge is 0.467 e. The van der Waals surface area contributed by atoms with Gasteiger partial charge in [-0.3, -0.25) is 9.59 Å². The summed E-state index contributed by atoms with van der Waals surface area (Å²) in [6.07, 6.45) is 1.30. The van der Waals surface area contributed by atoms with Gasteiger partial charge in [0.15, 0.2) is 0 Å². The first-order chi connectivity index (χ1) is 9.11. The van der Waals surface area contributed by atoms with Crippen molar-refractivity contribution >= 4 is 11.7 Å². The molecule has 1 aromatic heterocycles. The van der Waals surface area contributed by atoms with Crippen LogP contribution in [0.15, 0.2) is 34.9 Å². The first kappa shape index (κ1) is 12.8. The Bertz CT molecular complexity index is 619. The number of aromatic nitrogens is 1. The fourth-order valence-corrected chi connectivity index (χ4v) is 1.65. The van der Waals surface area contributed by atoms with Gasteiger partial charge in [-0.1, -0.05) is 18.2 Å². The second-order valence-electron chi connectivity index (χ2n) is 3.81. The number of Topliss-reactive ketones (excluding diaryl/α,β-unsaturated/α-hetero) is 1. The maximum atomic E-state index is 12.0. The number of oxazole rings is 1. The molecule has 0 saturated heterocycles. The Hall–Kier alpha value is -2.63. The lowest BCUT2D eigenvalue weighted by molar-refractivity contribution is 0.0953. The zero-order valence-corrected chi connectivity index (χ0v) is 10.3. The molecule has 6 heteroatoms. The number of nitrogens with zero attached hydrogens (tertiary/aromatic N) is 1. The highest BCUT2D eigenvalue weighted by Gasteiger charge is 2.17. The third-order valence-corrected chi connectivity index (χ3v) is 2.56. The molecule has 1 heterocycles. The zero-order valence-electron chi connectivity index (χ0n) is 10.3. The summed E-state index contributed by atoms with van der Waals surface area (Å²) in [5, 5.41) is 0. The summed E-state index contributed by atoms with van der Waals surface area (Å²) in [5.41, 5.74) is 6.10. The van der Waals surface area contributed by atoms with Crippen molar-refractivity contribution in [2.45, 2.75) is 6.42 Å².